The van der Waals surface area contributed by atoms with Crippen LogP contribution >= 0.6 is 0 Å². The average molecular weight is 496 g/mol. The van der Waals surface area contributed by atoms with E-state index in [0.29, 0.717) is 35.0 Å². The summed E-state index contributed by atoms with van der Waals surface area (Å²) in [7, 11) is -3.73. The number of hydrogen-bond acceptors (Lipinski definition) is 6. The molecule has 0 bridgehead atoms. The Morgan fingerprint density at radius 2 is 1.80 bits per heavy atom. The van der Waals surface area contributed by atoms with Crippen molar-refractivity contribution in [2.24, 2.45) is 0 Å². The normalized spacial score (nSPS) is 15.6. The van der Waals surface area contributed by atoms with E-state index in [-0.39, 0.29) is 16.9 Å². The number of amides is 1. The van der Waals surface area contributed by atoms with Gasteiger partial charge in [0.15, 0.2) is 0 Å². The van der Waals surface area contributed by atoms with Gasteiger partial charge in [-0.15, -0.1) is 0 Å². The van der Waals surface area contributed by atoms with Gasteiger partial charge in [0.05, 0.1) is 16.6 Å². The van der Waals surface area contributed by atoms with Crippen molar-refractivity contribution in [2.75, 3.05) is 17.9 Å². The molecular weight excluding hydrogens is 466 g/mol. The first-order valence-corrected chi connectivity index (χ1v) is 12.9. The number of sulfonamides is 1. The van der Waals surface area contributed by atoms with Crippen molar-refractivity contribution in [3.63, 3.8) is 0 Å². The SMILES string of the molecule is Cc1cc(C)c(S(=O)(=O)Nc2ccc(Oc3ccc(C(=O)NCC4CCCO4)cn3)cc2)cc1C. The van der Waals surface area contributed by atoms with Crippen molar-refractivity contribution < 1.29 is 22.7 Å². The van der Waals surface area contributed by atoms with E-state index in [0.717, 1.165) is 30.6 Å². The fourth-order valence-corrected chi connectivity index (χ4v) is 5.21. The lowest BCUT2D eigenvalue weighted by atomic mass is 10.1. The minimum atomic E-state index is -3.73. The second-order valence-corrected chi connectivity index (χ2v) is 10.3. The largest absolute Gasteiger partial charge is 0.439 e. The molecular formula is C26H29N3O5S. The molecule has 0 saturated carbocycles. The van der Waals surface area contributed by atoms with Crippen LogP contribution in [0.1, 0.15) is 39.9 Å². The van der Waals surface area contributed by atoms with Gasteiger partial charge >= 0.3 is 0 Å². The van der Waals surface area contributed by atoms with Crippen molar-refractivity contribution in [1.29, 1.82) is 0 Å². The lowest BCUT2D eigenvalue weighted by Gasteiger charge is -2.13. The smallest absolute Gasteiger partial charge is 0.262 e. The summed E-state index contributed by atoms with van der Waals surface area (Å²) >= 11 is 0. The number of aromatic nitrogens is 1. The molecule has 1 aromatic heterocycles. The lowest BCUT2D eigenvalue weighted by Crippen LogP contribution is -2.31. The van der Waals surface area contributed by atoms with E-state index in [1.807, 2.05) is 19.9 Å². The molecule has 1 saturated heterocycles. The number of aryl methyl sites for hydroxylation is 3. The third-order valence-corrected chi connectivity index (χ3v) is 7.45. The predicted octanol–water partition coefficient (Wildman–Crippen LogP) is 4.51. The summed E-state index contributed by atoms with van der Waals surface area (Å²) in [5.41, 5.74) is 3.50. The first-order valence-electron chi connectivity index (χ1n) is 11.5. The molecule has 1 amide bonds. The predicted molar refractivity (Wildman–Crippen MR) is 134 cm³/mol. The van der Waals surface area contributed by atoms with Gasteiger partial charge in [-0.1, -0.05) is 6.07 Å². The van der Waals surface area contributed by atoms with Crippen LogP contribution in [0.3, 0.4) is 0 Å². The van der Waals surface area contributed by atoms with Crippen molar-refractivity contribution >= 4 is 21.6 Å². The van der Waals surface area contributed by atoms with E-state index in [4.69, 9.17) is 9.47 Å². The second-order valence-electron chi connectivity index (χ2n) is 8.66. The molecule has 1 aliphatic heterocycles. The summed E-state index contributed by atoms with van der Waals surface area (Å²) in [6.45, 7) is 6.85. The van der Waals surface area contributed by atoms with Crippen LogP contribution in [0.25, 0.3) is 0 Å². The zero-order chi connectivity index (χ0) is 25.0. The van der Waals surface area contributed by atoms with Crippen LogP contribution in [0.5, 0.6) is 11.6 Å². The molecule has 0 radical (unpaired) electrons. The molecule has 2 aromatic carbocycles. The van der Waals surface area contributed by atoms with Gasteiger partial charge in [0, 0.05) is 31.1 Å². The molecule has 3 aromatic rings. The monoisotopic (exact) mass is 495 g/mol. The highest BCUT2D eigenvalue weighted by Crippen LogP contribution is 2.25. The number of nitrogens with one attached hydrogen (secondary N) is 2. The van der Waals surface area contributed by atoms with Crippen LogP contribution in [-0.4, -0.2) is 38.6 Å². The number of carbonyl (C=O) groups excluding carboxylic acids is 1. The molecule has 4 rings (SSSR count). The molecule has 9 heteroatoms. The van der Waals surface area contributed by atoms with Gasteiger partial charge in [0.25, 0.3) is 15.9 Å². The molecule has 35 heavy (non-hydrogen) atoms. The van der Waals surface area contributed by atoms with Crippen LogP contribution in [0.15, 0.2) is 59.6 Å². The summed E-state index contributed by atoms with van der Waals surface area (Å²) in [5, 5.41) is 2.85. The van der Waals surface area contributed by atoms with E-state index < -0.39 is 10.0 Å². The highest BCUT2D eigenvalue weighted by molar-refractivity contribution is 7.92. The Hall–Kier alpha value is -3.43. The Morgan fingerprint density at radius 1 is 1.06 bits per heavy atom. The minimum Gasteiger partial charge on any atom is -0.439 e. The fraction of sp³-hybridized carbons (Fsp3) is 0.308. The van der Waals surface area contributed by atoms with Crippen LogP contribution < -0.4 is 14.8 Å². The van der Waals surface area contributed by atoms with Crippen molar-refractivity contribution in [3.05, 3.63) is 77.0 Å². The Labute approximate surface area is 205 Å². The van der Waals surface area contributed by atoms with Gasteiger partial charge in [-0.25, -0.2) is 13.4 Å². The van der Waals surface area contributed by atoms with Gasteiger partial charge in [-0.2, -0.15) is 0 Å². The third kappa shape index (κ3) is 6.17. The van der Waals surface area contributed by atoms with Crippen molar-refractivity contribution in [1.82, 2.24) is 10.3 Å². The molecule has 184 valence electrons. The molecule has 0 spiro atoms. The summed E-state index contributed by atoms with van der Waals surface area (Å²) < 4.78 is 39.6. The van der Waals surface area contributed by atoms with E-state index in [2.05, 4.69) is 15.0 Å². The topological polar surface area (TPSA) is 107 Å². The number of ether oxygens (including phenoxy) is 2. The maximum absolute atomic E-state index is 12.9. The van der Waals surface area contributed by atoms with E-state index in [1.165, 1.54) is 6.20 Å². The van der Waals surface area contributed by atoms with E-state index in [1.54, 1.807) is 49.4 Å². The standard InChI is InChI=1S/C26H29N3O5S/c1-17-13-19(3)24(14-18(17)2)35(31,32)29-21-7-9-22(10-8-21)34-25-11-6-20(15-27-25)26(30)28-16-23-5-4-12-33-23/h6-11,13-15,23,29H,4-5,12,16H2,1-3H3,(H,28,30). The zero-order valence-corrected chi connectivity index (χ0v) is 20.8. The van der Waals surface area contributed by atoms with Gasteiger partial charge in [0.1, 0.15) is 5.75 Å². The molecule has 1 atom stereocenters. The van der Waals surface area contributed by atoms with Gasteiger partial charge in [0.2, 0.25) is 5.88 Å². The second kappa shape index (κ2) is 10.5. The number of pyridine rings is 1. The first-order chi connectivity index (χ1) is 16.7. The summed E-state index contributed by atoms with van der Waals surface area (Å²) in [4.78, 5) is 16.7. The van der Waals surface area contributed by atoms with Gasteiger partial charge < -0.3 is 14.8 Å². The maximum atomic E-state index is 12.9. The quantitative estimate of drug-likeness (QED) is 0.476. The Bertz CT molecular complexity index is 1300. The number of carbonyl (C=O) groups is 1. The number of hydrogen-bond donors (Lipinski definition) is 2. The van der Waals surface area contributed by atoms with Crippen molar-refractivity contribution in [3.8, 4) is 11.6 Å². The molecule has 2 heterocycles. The molecule has 2 N–H and O–H groups in total. The van der Waals surface area contributed by atoms with Crippen LogP contribution in [0.2, 0.25) is 0 Å². The minimum absolute atomic E-state index is 0.0759. The third-order valence-electron chi connectivity index (χ3n) is 5.92. The molecule has 1 unspecified atom stereocenters. The Kier molecular flexibility index (Phi) is 7.37. The van der Waals surface area contributed by atoms with E-state index in [9.17, 15) is 13.2 Å². The average Bonchev–Trinajstić information content (AvgIpc) is 3.35. The Morgan fingerprint density at radius 3 is 2.46 bits per heavy atom. The van der Waals surface area contributed by atoms with Gasteiger partial charge in [-0.3, -0.25) is 9.52 Å². The number of benzene rings is 2. The van der Waals surface area contributed by atoms with Crippen molar-refractivity contribution in [2.45, 2.75) is 44.6 Å². The molecule has 1 aliphatic rings. The van der Waals surface area contributed by atoms with Gasteiger partial charge in [-0.05, 0) is 86.7 Å². The molecule has 0 aliphatic carbocycles. The molecule has 1 fully saturated rings. The van der Waals surface area contributed by atoms with Crippen LogP contribution in [0, 0.1) is 20.8 Å². The lowest BCUT2D eigenvalue weighted by molar-refractivity contribution is 0.0857. The number of nitrogens with zero attached hydrogens (tertiary/aromatic N) is 1. The molecule has 8 nitrogen and oxygen atoms in total. The summed E-state index contributed by atoms with van der Waals surface area (Å²) in [6, 6.07) is 13.3. The fourth-order valence-electron chi connectivity index (χ4n) is 3.83. The van der Waals surface area contributed by atoms with Crippen LogP contribution in [-0.2, 0) is 14.8 Å². The van der Waals surface area contributed by atoms with E-state index >= 15 is 0 Å². The Balaban J connectivity index is 1.36. The highest BCUT2D eigenvalue weighted by atomic mass is 32.2. The first kappa shape index (κ1) is 24.7. The highest BCUT2D eigenvalue weighted by Gasteiger charge is 2.19. The van der Waals surface area contributed by atoms with Crippen LogP contribution in [0.4, 0.5) is 5.69 Å². The maximum Gasteiger partial charge on any atom is 0.262 e. The summed E-state index contributed by atoms with van der Waals surface area (Å²) in [6.07, 6.45) is 3.50. The number of anilines is 1. The zero-order valence-electron chi connectivity index (χ0n) is 20.0. The summed E-state index contributed by atoms with van der Waals surface area (Å²) in [5.74, 6) is 0.591. The number of rotatable bonds is 8.